The van der Waals surface area contributed by atoms with Crippen molar-refractivity contribution in [3.8, 4) is 6.07 Å². The second kappa shape index (κ2) is 5.72. The highest BCUT2D eigenvalue weighted by molar-refractivity contribution is 7.98. The molecule has 1 N–H and O–H groups in total. The van der Waals surface area contributed by atoms with Crippen LogP contribution in [0.3, 0.4) is 0 Å². The predicted octanol–water partition coefficient (Wildman–Crippen LogP) is 4.30. The van der Waals surface area contributed by atoms with Crippen molar-refractivity contribution < 1.29 is 8.78 Å². The molecule has 96 valence electrons. The molecule has 0 bridgehead atoms. The fraction of sp³-hybridized carbons (Fsp3) is 0.0714. The van der Waals surface area contributed by atoms with Crippen LogP contribution < -0.4 is 5.32 Å². The second-order valence-corrected chi connectivity index (χ2v) is 4.60. The van der Waals surface area contributed by atoms with Crippen LogP contribution in [0.1, 0.15) is 5.56 Å². The van der Waals surface area contributed by atoms with E-state index in [2.05, 4.69) is 11.4 Å². The molecule has 2 aromatic rings. The number of nitrogens with zero attached hydrogens (tertiary/aromatic N) is 1. The van der Waals surface area contributed by atoms with Crippen molar-refractivity contribution in [1.82, 2.24) is 0 Å². The van der Waals surface area contributed by atoms with Crippen molar-refractivity contribution in [2.75, 3.05) is 11.6 Å². The lowest BCUT2D eigenvalue weighted by Crippen LogP contribution is -1.96. The second-order valence-electron chi connectivity index (χ2n) is 3.75. The Morgan fingerprint density at radius 2 is 1.95 bits per heavy atom. The number of anilines is 2. The van der Waals surface area contributed by atoms with Crippen molar-refractivity contribution in [2.24, 2.45) is 0 Å². The van der Waals surface area contributed by atoms with Gasteiger partial charge in [0.1, 0.15) is 6.07 Å². The number of benzene rings is 2. The number of nitriles is 1. The number of halogens is 2. The van der Waals surface area contributed by atoms with Gasteiger partial charge in [0.25, 0.3) is 0 Å². The van der Waals surface area contributed by atoms with E-state index in [1.165, 1.54) is 17.8 Å². The van der Waals surface area contributed by atoms with Crippen LogP contribution in [0.25, 0.3) is 0 Å². The van der Waals surface area contributed by atoms with Crippen LogP contribution in [0.15, 0.2) is 41.3 Å². The van der Waals surface area contributed by atoms with E-state index in [0.717, 1.165) is 17.0 Å². The average Bonchev–Trinajstić information content (AvgIpc) is 2.42. The van der Waals surface area contributed by atoms with Gasteiger partial charge in [-0.3, -0.25) is 0 Å². The summed E-state index contributed by atoms with van der Waals surface area (Å²) in [6.07, 6.45) is 1.87. The maximum absolute atomic E-state index is 13.1. The molecule has 2 rings (SSSR count). The fourth-order valence-electron chi connectivity index (χ4n) is 1.65. The van der Waals surface area contributed by atoms with E-state index in [-0.39, 0.29) is 0 Å². The molecule has 0 heterocycles. The lowest BCUT2D eigenvalue weighted by atomic mass is 10.2. The summed E-state index contributed by atoms with van der Waals surface area (Å²) in [5.74, 6) is -1.83. The molecular weight excluding hydrogens is 266 g/mol. The summed E-state index contributed by atoms with van der Waals surface area (Å²) in [5.41, 5.74) is 1.45. The zero-order chi connectivity index (χ0) is 13.8. The van der Waals surface area contributed by atoms with E-state index in [0.29, 0.717) is 16.9 Å². The Kier molecular flexibility index (Phi) is 4.03. The van der Waals surface area contributed by atoms with E-state index in [1.54, 1.807) is 12.1 Å². The molecule has 0 fully saturated rings. The standard InChI is InChI=1S/C14H10F2N2S/c1-19-14-4-2-3-13(10(14)8-17)18-9-5-6-11(15)12(16)7-9/h2-7,18H,1H3. The molecule has 2 nitrogen and oxygen atoms in total. The Bertz CT molecular complexity index is 650. The van der Waals surface area contributed by atoms with Gasteiger partial charge in [0.2, 0.25) is 0 Å². The van der Waals surface area contributed by atoms with Crippen LogP contribution in [0, 0.1) is 23.0 Å². The molecule has 0 saturated carbocycles. The molecule has 0 aliphatic rings. The summed E-state index contributed by atoms with van der Waals surface area (Å²) in [7, 11) is 0. The molecule has 5 heteroatoms. The van der Waals surface area contributed by atoms with Crippen LogP contribution >= 0.6 is 11.8 Å². The fourth-order valence-corrected chi connectivity index (χ4v) is 2.22. The van der Waals surface area contributed by atoms with Crippen molar-refractivity contribution in [3.05, 3.63) is 53.6 Å². The molecule has 0 aliphatic heterocycles. The molecule has 0 aromatic heterocycles. The first-order valence-corrected chi connectivity index (χ1v) is 6.67. The van der Waals surface area contributed by atoms with Gasteiger partial charge in [-0.25, -0.2) is 8.78 Å². The third-order valence-electron chi connectivity index (χ3n) is 2.56. The minimum atomic E-state index is -0.926. The number of hydrogen-bond donors (Lipinski definition) is 1. The number of rotatable bonds is 3. The topological polar surface area (TPSA) is 35.8 Å². The van der Waals surface area contributed by atoms with Gasteiger partial charge in [-0.15, -0.1) is 11.8 Å². The summed E-state index contributed by atoms with van der Waals surface area (Å²) < 4.78 is 26.0. The molecule has 0 spiro atoms. The molecule has 0 aliphatic carbocycles. The highest BCUT2D eigenvalue weighted by Crippen LogP contribution is 2.28. The largest absolute Gasteiger partial charge is 0.354 e. The third kappa shape index (κ3) is 2.85. The minimum Gasteiger partial charge on any atom is -0.354 e. The van der Waals surface area contributed by atoms with Crippen molar-refractivity contribution >= 4 is 23.1 Å². The number of hydrogen-bond acceptors (Lipinski definition) is 3. The lowest BCUT2D eigenvalue weighted by molar-refractivity contribution is 0.509. The molecular formula is C14H10F2N2S. The molecule has 0 amide bonds. The van der Waals surface area contributed by atoms with Crippen molar-refractivity contribution in [3.63, 3.8) is 0 Å². The van der Waals surface area contributed by atoms with Crippen LogP contribution in [0.2, 0.25) is 0 Å². The van der Waals surface area contributed by atoms with Gasteiger partial charge in [-0.1, -0.05) is 6.07 Å². The Morgan fingerprint density at radius 1 is 1.16 bits per heavy atom. The quantitative estimate of drug-likeness (QED) is 0.849. The number of nitrogens with one attached hydrogen (secondary N) is 1. The first kappa shape index (κ1) is 13.4. The van der Waals surface area contributed by atoms with Gasteiger partial charge >= 0.3 is 0 Å². The van der Waals surface area contributed by atoms with Gasteiger partial charge in [-0.05, 0) is 30.5 Å². The first-order valence-electron chi connectivity index (χ1n) is 5.45. The van der Waals surface area contributed by atoms with Crippen molar-refractivity contribution in [2.45, 2.75) is 4.90 Å². The first-order chi connectivity index (χ1) is 9.15. The van der Waals surface area contributed by atoms with Crippen LogP contribution in [-0.2, 0) is 0 Å². The molecule has 0 saturated heterocycles. The van der Waals surface area contributed by atoms with E-state index >= 15 is 0 Å². The summed E-state index contributed by atoms with van der Waals surface area (Å²) >= 11 is 1.45. The number of thioether (sulfide) groups is 1. The van der Waals surface area contributed by atoms with Crippen LogP contribution in [0.4, 0.5) is 20.2 Å². The summed E-state index contributed by atoms with van der Waals surface area (Å²) in [5, 5.41) is 12.1. The highest BCUT2D eigenvalue weighted by Gasteiger charge is 2.08. The summed E-state index contributed by atoms with van der Waals surface area (Å²) in [6, 6.07) is 11.0. The highest BCUT2D eigenvalue weighted by atomic mass is 32.2. The van der Waals surface area contributed by atoms with E-state index < -0.39 is 11.6 Å². The van der Waals surface area contributed by atoms with Gasteiger partial charge in [0.15, 0.2) is 11.6 Å². The Labute approximate surface area is 114 Å². The van der Waals surface area contributed by atoms with Gasteiger partial charge < -0.3 is 5.32 Å². The Balaban J connectivity index is 2.38. The van der Waals surface area contributed by atoms with Gasteiger partial charge in [-0.2, -0.15) is 5.26 Å². The Hall–Kier alpha value is -2.06. The maximum atomic E-state index is 13.1. The smallest absolute Gasteiger partial charge is 0.160 e. The van der Waals surface area contributed by atoms with Crippen molar-refractivity contribution in [1.29, 1.82) is 5.26 Å². The predicted molar refractivity (Wildman–Crippen MR) is 72.6 cm³/mol. The zero-order valence-corrected chi connectivity index (χ0v) is 10.9. The normalized spacial score (nSPS) is 10.0. The van der Waals surface area contributed by atoms with Crippen LogP contribution in [0.5, 0.6) is 0 Å². The summed E-state index contributed by atoms with van der Waals surface area (Å²) in [6.45, 7) is 0. The van der Waals surface area contributed by atoms with E-state index in [9.17, 15) is 8.78 Å². The summed E-state index contributed by atoms with van der Waals surface area (Å²) in [4.78, 5) is 0.829. The van der Waals surface area contributed by atoms with Gasteiger partial charge in [0.05, 0.1) is 11.3 Å². The zero-order valence-electron chi connectivity index (χ0n) is 10.1. The molecule has 0 unspecified atom stereocenters. The van der Waals surface area contributed by atoms with Crippen LogP contribution in [-0.4, -0.2) is 6.26 Å². The molecule has 0 radical (unpaired) electrons. The molecule has 19 heavy (non-hydrogen) atoms. The average molecular weight is 276 g/mol. The van der Waals surface area contributed by atoms with E-state index in [1.807, 2.05) is 12.3 Å². The monoisotopic (exact) mass is 276 g/mol. The Morgan fingerprint density at radius 3 is 2.58 bits per heavy atom. The third-order valence-corrected chi connectivity index (χ3v) is 3.34. The minimum absolute atomic E-state index is 0.397. The SMILES string of the molecule is CSc1cccc(Nc2ccc(F)c(F)c2)c1C#N. The maximum Gasteiger partial charge on any atom is 0.160 e. The lowest BCUT2D eigenvalue weighted by Gasteiger charge is -2.10. The molecule has 2 aromatic carbocycles. The van der Waals surface area contributed by atoms with Gasteiger partial charge in [0, 0.05) is 16.6 Å². The molecule has 0 atom stereocenters. The van der Waals surface area contributed by atoms with E-state index in [4.69, 9.17) is 5.26 Å².